The third-order valence-electron chi connectivity index (χ3n) is 2.59. The zero-order valence-electron chi connectivity index (χ0n) is 11.6. The summed E-state index contributed by atoms with van der Waals surface area (Å²) < 4.78 is 10.7. The highest BCUT2D eigenvalue weighted by Crippen LogP contribution is 2.21. The molecule has 0 atom stereocenters. The lowest BCUT2D eigenvalue weighted by atomic mass is 10.3. The van der Waals surface area contributed by atoms with Crippen LogP contribution in [-0.2, 0) is 18.6 Å². The number of hydrogen-bond donors (Lipinski definition) is 0. The van der Waals surface area contributed by atoms with E-state index in [2.05, 4.69) is 25.3 Å². The average molecular weight is 323 g/mol. The molecule has 21 heavy (non-hydrogen) atoms. The van der Waals surface area contributed by atoms with Gasteiger partial charge in [-0.3, -0.25) is 0 Å². The number of aromatic nitrogens is 5. The Balaban J connectivity index is 1.57. The van der Waals surface area contributed by atoms with Crippen molar-refractivity contribution in [3.05, 3.63) is 33.7 Å². The minimum Gasteiger partial charge on any atom is -0.416 e. The average Bonchev–Trinajstić information content (AvgIpc) is 3.19. The van der Waals surface area contributed by atoms with Crippen LogP contribution < -0.4 is 0 Å². The lowest BCUT2D eigenvalue weighted by molar-refractivity contribution is 0.384. The van der Waals surface area contributed by atoms with Gasteiger partial charge in [0.1, 0.15) is 0 Å². The van der Waals surface area contributed by atoms with E-state index in [0.717, 1.165) is 17.1 Å². The van der Waals surface area contributed by atoms with E-state index in [0.29, 0.717) is 35.0 Å². The molecule has 3 rings (SSSR count). The van der Waals surface area contributed by atoms with Crippen molar-refractivity contribution in [3.8, 4) is 0 Å². The fraction of sp³-hybridized carbons (Fsp3) is 0.417. The highest BCUT2D eigenvalue weighted by Gasteiger charge is 2.11. The minimum absolute atomic E-state index is 0.494. The van der Waals surface area contributed by atoms with Crippen molar-refractivity contribution < 1.29 is 8.94 Å². The molecule has 0 spiro atoms. The second kappa shape index (κ2) is 6.35. The topological polar surface area (TPSA) is 90.7 Å². The van der Waals surface area contributed by atoms with Gasteiger partial charge in [0.15, 0.2) is 5.82 Å². The van der Waals surface area contributed by atoms with E-state index in [1.807, 2.05) is 19.2 Å². The molecule has 3 aromatic rings. The van der Waals surface area contributed by atoms with Crippen molar-refractivity contribution in [1.29, 1.82) is 0 Å². The van der Waals surface area contributed by atoms with Gasteiger partial charge in [0.2, 0.25) is 11.8 Å². The van der Waals surface area contributed by atoms with Crippen LogP contribution in [0.3, 0.4) is 0 Å². The predicted octanol–water partition coefficient (Wildman–Crippen LogP) is 2.66. The molecule has 3 aromatic heterocycles. The summed E-state index contributed by atoms with van der Waals surface area (Å²) in [7, 11) is 0. The molecule has 0 unspecified atom stereocenters. The van der Waals surface area contributed by atoms with Gasteiger partial charge in [-0.25, -0.2) is 4.98 Å². The third kappa shape index (κ3) is 3.67. The van der Waals surface area contributed by atoms with Crippen LogP contribution >= 0.6 is 23.1 Å². The van der Waals surface area contributed by atoms with Crippen molar-refractivity contribution in [1.82, 2.24) is 25.3 Å². The van der Waals surface area contributed by atoms with Crippen LogP contribution in [0.2, 0.25) is 0 Å². The summed E-state index contributed by atoms with van der Waals surface area (Å²) in [6.07, 6.45) is 1.31. The molecule has 0 N–H and O–H groups in total. The molecule has 3 heterocycles. The molecule has 9 heteroatoms. The second-order valence-corrected chi connectivity index (χ2v) is 6.23. The van der Waals surface area contributed by atoms with Gasteiger partial charge in [-0.15, -0.1) is 21.5 Å². The first-order valence-electron chi connectivity index (χ1n) is 6.40. The first-order chi connectivity index (χ1) is 10.2. The lowest BCUT2D eigenvalue weighted by Crippen LogP contribution is -1.88. The normalized spacial score (nSPS) is 11.1. The van der Waals surface area contributed by atoms with Gasteiger partial charge < -0.3 is 8.94 Å². The standard InChI is InChI=1S/C12H13N5O2S2/c1-3-9-14-11(19-17-9)6-21-12-16-15-10(18-12)4-8-5-20-7(2)13-8/h5H,3-4,6H2,1-2H3. The van der Waals surface area contributed by atoms with Crippen molar-refractivity contribution >= 4 is 23.1 Å². The monoisotopic (exact) mass is 323 g/mol. The molecule has 0 aliphatic rings. The van der Waals surface area contributed by atoms with Crippen LogP contribution in [0.4, 0.5) is 0 Å². The summed E-state index contributed by atoms with van der Waals surface area (Å²) in [5.74, 6) is 2.34. The number of thioether (sulfide) groups is 1. The Hall–Kier alpha value is -1.74. The Morgan fingerprint density at radius 1 is 1.24 bits per heavy atom. The van der Waals surface area contributed by atoms with Gasteiger partial charge in [0.25, 0.3) is 5.22 Å². The third-order valence-corrected chi connectivity index (χ3v) is 4.22. The van der Waals surface area contributed by atoms with Crippen LogP contribution in [0, 0.1) is 6.92 Å². The molecular weight excluding hydrogens is 310 g/mol. The van der Waals surface area contributed by atoms with E-state index >= 15 is 0 Å². The van der Waals surface area contributed by atoms with E-state index in [1.165, 1.54) is 11.8 Å². The van der Waals surface area contributed by atoms with E-state index in [4.69, 9.17) is 8.94 Å². The van der Waals surface area contributed by atoms with Crippen LogP contribution in [-0.4, -0.2) is 25.3 Å². The van der Waals surface area contributed by atoms with Crippen molar-refractivity contribution in [2.24, 2.45) is 0 Å². The fourth-order valence-electron chi connectivity index (χ4n) is 1.63. The number of thiazole rings is 1. The van der Waals surface area contributed by atoms with Gasteiger partial charge in [-0.2, -0.15) is 4.98 Å². The molecule has 0 saturated carbocycles. The van der Waals surface area contributed by atoms with Gasteiger partial charge >= 0.3 is 0 Å². The molecule has 0 radical (unpaired) electrons. The minimum atomic E-state index is 0.494. The summed E-state index contributed by atoms with van der Waals surface area (Å²) in [6, 6.07) is 0. The number of rotatable bonds is 6. The lowest BCUT2D eigenvalue weighted by Gasteiger charge is -1.90. The maximum atomic E-state index is 5.57. The molecule has 110 valence electrons. The quantitative estimate of drug-likeness (QED) is 0.639. The van der Waals surface area contributed by atoms with E-state index in [9.17, 15) is 0 Å². The maximum absolute atomic E-state index is 5.57. The molecule has 0 saturated heterocycles. The molecule has 0 aliphatic carbocycles. The molecule has 7 nitrogen and oxygen atoms in total. The fourth-order valence-corrected chi connectivity index (χ4v) is 2.86. The zero-order valence-corrected chi connectivity index (χ0v) is 13.2. The summed E-state index contributed by atoms with van der Waals surface area (Å²) >= 11 is 2.99. The summed E-state index contributed by atoms with van der Waals surface area (Å²) in [4.78, 5) is 8.60. The smallest absolute Gasteiger partial charge is 0.277 e. The molecule has 0 fully saturated rings. The SMILES string of the molecule is CCc1noc(CSc2nnc(Cc3csc(C)n3)o2)n1. The highest BCUT2D eigenvalue weighted by atomic mass is 32.2. The van der Waals surface area contributed by atoms with Gasteiger partial charge in [-0.1, -0.05) is 23.8 Å². The maximum Gasteiger partial charge on any atom is 0.277 e. The van der Waals surface area contributed by atoms with Crippen molar-refractivity contribution in [3.63, 3.8) is 0 Å². The summed E-state index contributed by atoms with van der Waals surface area (Å²) in [5, 5.41) is 15.4. The molecule has 0 amide bonds. The van der Waals surface area contributed by atoms with Crippen molar-refractivity contribution in [2.45, 2.75) is 37.7 Å². The Morgan fingerprint density at radius 3 is 2.86 bits per heavy atom. The van der Waals surface area contributed by atoms with Crippen molar-refractivity contribution in [2.75, 3.05) is 0 Å². The molecular formula is C12H13N5O2S2. The van der Waals surface area contributed by atoms with Gasteiger partial charge in [0, 0.05) is 11.8 Å². The largest absolute Gasteiger partial charge is 0.416 e. The zero-order chi connectivity index (χ0) is 14.7. The first-order valence-corrected chi connectivity index (χ1v) is 8.27. The molecule has 0 aliphatic heterocycles. The Labute approximate surface area is 129 Å². The summed E-state index contributed by atoms with van der Waals surface area (Å²) in [6.45, 7) is 3.95. The Kier molecular flexibility index (Phi) is 4.30. The van der Waals surface area contributed by atoms with Gasteiger partial charge in [0.05, 0.1) is 22.9 Å². The summed E-state index contributed by atoms with van der Waals surface area (Å²) in [5.41, 5.74) is 0.946. The number of hydrogen-bond acceptors (Lipinski definition) is 9. The Morgan fingerprint density at radius 2 is 2.14 bits per heavy atom. The van der Waals surface area contributed by atoms with E-state index < -0.39 is 0 Å². The number of nitrogens with zero attached hydrogens (tertiary/aromatic N) is 5. The first kappa shape index (κ1) is 14.2. The second-order valence-electron chi connectivity index (χ2n) is 4.24. The van der Waals surface area contributed by atoms with Gasteiger partial charge in [-0.05, 0) is 6.92 Å². The van der Waals surface area contributed by atoms with Crippen LogP contribution in [0.15, 0.2) is 19.5 Å². The van der Waals surface area contributed by atoms with Crippen LogP contribution in [0.1, 0.15) is 35.2 Å². The predicted molar refractivity (Wildman–Crippen MR) is 77.2 cm³/mol. The Bertz CT molecular complexity index is 721. The molecule has 0 aromatic carbocycles. The van der Waals surface area contributed by atoms with Crippen LogP contribution in [0.25, 0.3) is 0 Å². The van der Waals surface area contributed by atoms with E-state index in [-0.39, 0.29) is 0 Å². The van der Waals surface area contributed by atoms with E-state index in [1.54, 1.807) is 11.3 Å². The van der Waals surface area contributed by atoms with Crippen LogP contribution in [0.5, 0.6) is 0 Å². The number of aryl methyl sites for hydroxylation is 2. The molecule has 0 bridgehead atoms. The highest BCUT2D eigenvalue weighted by molar-refractivity contribution is 7.98.